The van der Waals surface area contributed by atoms with Gasteiger partial charge in [-0.25, -0.2) is 0 Å². The number of benzene rings is 2. The number of halogens is 1. The Hall–Kier alpha value is -2.30. The second-order valence-electron chi connectivity index (χ2n) is 6.05. The van der Waals surface area contributed by atoms with Crippen LogP contribution in [-0.2, 0) is 0 Å². The molecule has 4 rings (SSSR count). The lowest BCUT2D eigenvalue weighted by molar-refractivity contribution is 0.0698. The van der Waals surface area contributed by atoms with E-state index in [-0.39, 0.29) is 11.9 Å². The van der Waals surface area contributed by atoms with Gasteiger partial charge in [-0.1, -0.05) is 48.0 Å². The number of nitrogens with zero attached hydrogens (tertiary/aromatic N) is 1. The molecule has 2 heterocycles. The fraction of sp³-hybridized carbons (Fsp3) is 0.211. The van der Waals surface area contributed by atoms with Gasteiger partial charge in [-0.3, -0.25) is 4.79 Å². The number of nitrogens with one attached hydrogen (secondary N) is 2. The topological polar surface area (TPSA) is 48.1 Å². The van der Waals surface area contributed by atoms with Crippen molar-refractivity contribution in [2.24, 2.45) is 0 Å². The van der Waals surface area contributed by atoms with E-state index in [4.69, 9.17) is 11.6 Å². The number of H-pyrrole nitrogens is 1. The van der Waals surface area contributed by atoms with Gasteiger partial charge in [0.15, 0.2) is 0 Å². The summed E-state index contributed by atoms with van der Waals surface area (Å²) in [7, 11) is 0. The zero-order valence-corrected chi connectivity index (χ0v) is 13.9. The Kier molecular flexibility index (Phi) is 4.00. The van der Waals surface area contributed by atoms with E-state index >= 15 is 0 Å². The predicted molar refractivity (Wildman–Crippen MR) is 96.4 cm³/mol. The molecular formula is C19H18ClN3O. The van der Waals surface area contributed by atoms with Crippen LogP contribution in [0.4, 0.5) is 0 Å². The van der Waals surface area contributed by atoms with Gasteiger partial charge in [-0.2, -0.15) is 0 Å². The fourth-order valence-corrected chi connectivity index (χ4v) is 3.48. The van der Waals surface area contributed by atoms with Gasteiger partial charge in [0, 0.05) is 41.6 Å². The van der Waals surface area contributed by atoms with Crippen molar-refractivity contribution < 1.29 is 4.79 Å². The molecule has 0 spiro atoms. The molecule has 1 amide bonds. The molecule has 0 saturated carbocycles. The van der Waals surface area contributed by atoms with Crippen LogP contribution in [0.1, 0.15) is 22.1 Å². The smallest absolute Gasteiger partial charge is 0.270 e. The second-order valence-corrected chi connectivity index (χ2v) is 6.46. The third-order valence-electron chi connectivity index (χ3n) is 4.51. The summed E-state index contributed by atoms with van der Waals surface area (Å²) in [5.41, 5.74) is 2.68. The van der Waals surface area contributed by atoms with E-state index in [1.54, 1.807) is 0 Å². The van der Waals surface area contributed by atoms with E-state index in [1.165, 1.54) is 5.56 Å². The molecule has 0 radical (unpaired) electrons. The number of rotatable bonds is 2. The second kappa shape index (κ2) is 6.30. The number of aromatic amines is 1. The first-order valence-electron chi connectivity index (χ1n) is 8.07. The van der Waals surface area contributed by atoms with Gasteiger partial charge in [0.25, 0.3) is 5.91 Å². The van der Waals surface area contributed by atoms with Crippen LogP contribution >= 0.6 is 11.6 Å². The van der Waals surface area contributed by atoms with E-state index < -0.39 is 0 Å². The Bertz CT molecular complexity index is 875. The minimum atomic E-state index is 0.0182. The van der Waals surface area contributed by atoms with Gasteiger partial charge >= 0.3 is 0 Å². The van der Waals surface area contributed by atoms with Crippen LogP contribution in [-0.4, -0.2) is 35.4 Å². The van der Waals surface area contributed by atoms with Crippen LogP contribution in [0.25, 0.3) is 10.9 Å². The molecule has 1 atom stereocenters. The van der Waals surface area contributed by atoms with Crippen molar-refractivity contribution in [3.05, 3.63) is 70.9 Å². The van der Waals surface area contributed by atoms with Gasteiger partial charge in [0.1, 0.15) is 5.69 Å². The van der Waals surface area contributed by atoms with Gasteiger partial charge in [-0.15, -0.1) is 0 Å². The third kappa shape index (κ3) is 2.79. The summed E-state index contributed by atoms with van der Waals surface area (Å²) in [4.78, 5) is 18.0. The third-order valence-corrected chi connectivity index (χ3v) is 4.84. The fourth-order valence-electron chi connectivity index (χ4n) is 3.25. The molecule has 1 aliphatic heterocycles. The lowest BCUT2D eigenvalue weighted by atomic mass is 10.0. The number of hydrogen-bond donors (Lipinski definition) is 2. The zero-order valence-electron chi connectivity index (χ0n) is 13.1. The molecule has 24 heavy (non-hydrogen) atoms. The van der Waals surface area contributed by atoms with Gasteiger partial charge in [0.2, 0.25) is 0 Å². The van der Waals surface area contributed by atoms with Crippen molar-refractivity contribution in [1.82, 2.24) is 15.2 Å². The van der Waals surface area contributed by atoms with Crippen molar-refractivity contribution in [2.75, 3.05) is 19.6 Å². The number of fused-ring (bicyclic) bond motifs is 1. The monoisotopic (exact) mass is 339 g/mol. The molecule has 4 nitrogen and oxygen atoms in total. The van der Waals surface area contributed by atoms with E-state index in [0.29, 0.717) is 23.8 Å². The van der Waals surface area contributed by atoms with Crippen molar-refractivity contribution in [1.29, 1.82) is 0 Å². The van der Waals surface area contributed by atoms with E-state index in [0.717, 1.165) is 17.4 Å². The quantitative estimate of drug-likeness (QED) is 0.749. The summed E-state index contributed by atoms with van der Waals surface area (Å²) >= 11 is 6.21. The number of amides is 1. The van der Waals surface area contributed by atoms with Crippen LogP contribution in [0.5, 0.6) is 0 Å². The molecule has 2 N–H and O–H groups in total. The average molecular weight is 340 g/mol. The normalized spacial score (nSPS) is 18.0. The van der Waals surface area contributed by atoms with Gasteiger partial charge in [0.05, 0.1) is 0 Å². The highest BCUT2D eigenvalue weighted by Crippen LogP contribution is 2.25. The maximum atomic E-state index is 12.9. The van der Waals surface area contributed by atoms with E-state index in [2.05, 4.69) is 22.4 Å². The molecule has 2 aromatic carbocycles. The number of carbonyl (C=O) groups is 1. The first-order chi connectivity index (χ1) is 11.7. The number of carbonyl (C=O) groups excluding carboxylic acids is 1. The zero-order chi connectivity index (χ0) is 16.5. The van der Waals surface area contributed by atoms with Crippen LogP contribution in [0.3, 0.4) is 0 Å². The minimum Gasteiger partial charge on any atom is -0.350 e. The van der Waals surface area contributed by atoms with Crippen molar-refractivity contribution in [3.8, 4) is 0 Å². The molecule has 1 unspecified atom stereocenters. The first-order valence-corrected chi connectivity index (χ1v) is 8.45. The molecule has 1 fully saturated rings. The van der Waals surface area contributed by atoms with E-state index in [9.17, 15) is 4.79 Å². The highest BCUT2D eigenvalue weighted by atomic mass is 35.5. The summed E-state index contributed by atoms with van der Waals surface area (Å²) in [6.45, 7) is 2.14. The Labute approximate surface area is 145 Å². The number of piperazine rings is 1. The molecule has 3 aromatic rings. The maximum absolute atomic E-state index is 12.9. The summed E-state index contributed by atoms with van der Waals surface area (Å²) in [6, 6.07) is 17.9. The average Bonchev–Trinajstić information content (AvgIpc) is 3.08. The van der Waals surface area contributed by atoms with Gasteiger partial charge in [-0.05, 0) is 23.8 Å². The molecular weight excluding hydrogens is 322 g/mol. The molecule has 1 aromatic heterocycles. The van der Waals surface area contributed by atoms with Crippen LogP contribution < -0.4 is 5.32 Å². The largest absolute Gasteiger partial charge is 0.350 e. The lowest BCUT2D eigenvalue weighted by Crippen LogP contribution is -2.48. The minimum absolute atomic E-state index is 0.0182. The van der Waals surface area contributed by atoms with Crippen LogP contribution in [0.2, 0.25) is 5.02 Å². The standard InChI is InChI=1S/C19H18ClN3O/c20-15-7-4-8-16-14(15)11-17(22-16)19(24)23-10-9-21-18(12-23)13-5-2-1-3-6-13/h1-8,11,18,21-22H,9-10,12H2. The highest BCUT2D eigenvalue weighted by Gasteiger charge is 2.26. The van der Waals surface area contributed by atoms with E-state index in [1.807, 2.05) is 47.4 Å². The van der Waals surface area contributed by atoms with Crippen molar-refractivity contribution >= 4 is 28.4 Å². The summed E-state index contributed by atoms with van der Waals surface area (Å²) in [5.74, 6) is 0.0182. The molecule has 1 aliphatic rings. The maximum Gasteiger partial charge on any atom is 0.270 e. The number of hydrogen-bond acceptors (Lipinski definition) is 2. The van der Waals surface area contributed by atoms with Crippen LogP contribution in [0, 0.1) is 0 Å². The summed E-state index contributed by atoms with van der Waals surface area (Å²) < 4.78 is 0. The molecule has 0 aliphatic carbocycles. The molecule has 1 saturated heterocycles. The SMILES string of the molecule is O=C(c1cc2c(Cl)cccc2[nH]1)N1CCNC(c2ccccc2)C1. The summed E-state index contributed by atoms with van der Waals surface area (Å²) in [6.07, 6.45) is 0. The number of aromatic nitrogens is 1. The predicted octanol–water partition coefficient (Wildman–Crippen LogP) is 3.61. The Balaban J connectivity index is 1.58. The van der Waals surface area contributed by atoms with Gasteiger partial charge < -0.3 is 15.2 Å². The molecule has 5 heteroatoms. The summed E-state index contributed by atoms with van der Waals surface area (Å²) in [5, 5.41) is 5.03. The van der Waals surface area contributed by atoms with Crippen molar-refractivity contribution in [2.45, 2.75) is 6.04 Å². The Morgan fingerprint density at radius 2 is 1.96 bits per heavy atom. The van der Waals surface area contributed by atoms with Crippen LogP contribution in [0.15, 0.2) is 54.6 Å². The molecule has 0 bridgehead atoms. The highest BCUT2D eigenvalue weighted by molar-refractivity contribution is 6.35. The lowest BCUT2D eigenvalue weighted by Gasteiger charge is -2.33. The Morgan fingerprint density at radius 1 is 1.12 bits per heavy atom. The molecule has 122 valence electrons. The Morgan fingerprint density at radius 3 is 2.75 bits per heavy atom. The first kappa shape index (κ1) is 15.2. The van der Waals surface area contributed by atoms with Crippen molar-refractivity contribution in [3.63, 3.8) is 0 Å².